The first-order valence-electron chi connectivity index (χ1n) is 4.95. The molecule has 0 spiro atoms. The summed E-state index contributed by atoms with van der Waals surface area (Å²) in [6.07, 6.45) is 0. The van der Waals surface area contributed by atoms with Crippen LogP contribution < -0.4 is 10.1 Å². The summed E-state index contributed by atoms with van der Waals surface area (Å²) in [5.74, 6) is 0.859. The molecule has 0 atom stereocenters. The molecule has 2 nitrogen and oxygen atoms in total. The molecule has 0 aliphatic heterocycles. The SMILES string of the molecule is COc1ccc(Nc2ccccc2Br)cc1. The quantitative estimate of drug-likeness (QED) is 0.908. The van der Waals surface area contributed by atoms with Crippen molar-refractivity contribution in [3.63, 3.8) is 0 Å². The van der Waals surface area contributed by atoms with E-state index in [2.05, 4.69) is 21.2 Å². The number of anilines is 2. The monoisotopic (exact) mass is 277 g/mol. The van der Waals surface area contributed by atoms with E-state index in [1.165, 1.54) is 0 Å². The van der Waals surface area contributed by atoms with Gasteiger partial charge >= 0.3 is 0 Å². The number of para-hydroxylation sites is 1. The van der Waals surface area contributed by atoms with Crippen LogP contribution in [0.4, 0.5) is 11.4 Å². The van der Waals surface area contributed by atoms with E-state index in [0.29, 0.717) is 0 Å². The maximum atomic E-state index is 5.11. The van der Waals surface area contributed by atoms with Gasteiger partial charge < -0.3 is 10.1 Å². The highest BCUT2D eigenvalue weighted by atomic mass is 79.9. The lowest BCUT2D eigenvalue weighted by Crippen LogP contribution is -1.91. The summed E-state index contributed by atoms with van der Waals surface area (Å²) in [7, 11) is 1.66. The third kappa shape index (κ3) is 2.55. The summed E-state index contributed by atoms with van der Waals surface area (Å²) in [5, 5.41) is 3.32. The molecule has 82 valence electrons. The van der Waals surface area contributed by atoms with Gasteiger partial charge in [0.05, 0.1) is 12.8 Å². The van der Waals surface area contributed by atoms with Crippen LogP contribution in [-0.4, -0.2) is 7.11 Å². The first-order valence-corrected chi connectivity index (χ1v) is 5.74. The minimum atomic E-state index is 0.859. The fourth-order valence-corrected chi connectivity index (χ4v) is 1.78. The maximum absolute atomic E-state index is 5.11. The number of hydrogen-bond acceptors (Lipinski definition) is 2. The van der Waals surface area contributed by atoms with E-state index in [4.69, 9.17) is 4.74 Å². The van der Waals surface area contributed by atoms with Crippen molar-refractivity contribution < 1.29 is 4.74 Å². The lowest BCUT2D eigenvalue weighted by molar-refractivity contribution is 0.415. The molecule has 3 heteroatoms. The molecule has 0 heterocycles. The van der Waals surface area contributed by atoms with Crippen molar-refractivity contribution in [1.82, 2.24) is 0 Å². The van der Waals surface area contributed by atoms with Crippen LogP contribution >= 0.6 is 15.9 Å². The van der Waals surface area contributed by atoms with Crippen LogP contribution in [0, 0.1) is 0 Å². The van der Waals surface area contributed by atoms with E-state index in [0.717, 1.165) is 21.6 Å². The minimum Gasteiger partial charge on any atom is -0.497 e. The molecule has 0 aromatic heterocycles. The Morgan fingerprint density at radius 2 is 1.69 bits per heavy atom. The van der Waals surface area contributed by atoms with Gasteiger partial charge in [-0.2, -0.15) is 0 Å². The molecule has 1 N–H and O–H groups in total. The van der Waals surface area contributed by atoms with E-state index in [-0.39, 0.29) is 0 Å². The van der Waals surface area contributed by atoms with Crippen LogP contribution in [0.25, 0.3) is 0 Å². The van der Waals surface area contributed by atoms with Gasteiger partial charge in [-0.15, -0.1) is 0 Å². The van der Waals surface area contributed by atoms with E-state index < -0.39 is 0 Å². The van der Waals surface area contributed by atoms with Crippen molar-refractivity contribution in [2.24, 2.45) is 0 Å². The zero-order valence-corrected chi connectivity index (χ0v) is 10.5. The van der Waals surface area contributed by atoms with Crippen molar-refractivity contribution in [2.45, 2.75) is 0 Å². The van der Waals surface area contributed by atoms with Crippen LogP contribution in [0.2, 0.25) is 0 Å². The smallest absolute Gasteiger partial charge is 0.119 e. The van der Waals surface area contributed by atoms with E-state index >= 15 is 0 Å². The van der Waals surface area contributed by atoms with Gasteiger partial charge in [-0.25, -0.2) is 0 Å². The number of nitrogens with one attached hydrogen (secondary N) is 1. The summed E-state index contributed by atoms with van der Waals surface area (Å²) >= 11 is 3.49. The molecule has 0 saturated heterocycles. The molecule has 2 aromatic rings. The van der Waals surface area contributed by atoms with Gasteiger partial charge in [-0.3, -0.25) is 0 Å². The fourth-order valence-electron chi connectivity index (χ4n) is 1.39. The second-order valence-electron chi connectivity index (χ2n) is 3.33. The lowest BCUT2D eigenvalue weighted by Gasteiger charge is -2.08. The normalized spacial score (nSPS) is 9.88. The van der Waals surface area contributed by atoms with Crippen molar-refractivity contribution in [3.05, 3.63) is 53.0 Å². The van der Waals surface area contributed by atoms with Crippen molar-refractivity contribution >= 4 is 27.3 Å². The minimum absolute atomic E-state index is 0.859. The Morgan fingerprint density at radius 1 is 1.00 bits per heavy atom. The van der Waals surface area contributed by atoms with Gasteiger partial charge in [0.2, 0.25) is 0 Å². The third-order valence-electron chi connectivity index (χ3n) is 2.24. The summed E-state index contributed by atoms with van der Waals surface area (Å²) in [6.45, 7) is 0. The van der Waals surface area contributed by atoms with Gasteiger partial charge in [-0.1, -0.05) is 12.1 Å². The largest absolute Gasteiger partial charge is 0.497 e. The molecule has 0 unspecified atom stereocenters. The molecular formula is C13H12BrNO. The number of halogens is 1. The summed E-state index contributed by atoms with van der Waals surface area (Å²) in [6, 6.07) is 15.8. The number of ether oxygens (including phenoxy) is 1. The Kier molecular flexibility index (Phi) is 3.47. The highest BCUT2D eigenvalue weighted by Crippen LogP contribution is 2.26. The average molecular weight is 278 g/mol. The molecule has 0 fully saturated rings. The summed E-state index contributed by atoms with van der Waals surface area (Å²) in [5.41, 5.74) is 2.08. The van der Waals surface area contributed by atoms with Crippen molar-refractivity contribution in [3.8, 4) is 5.75 Å². The van der Waals surface area contributed by atoms with Crippen LogP contribution in [0.1, 0.15) is 0 Å². The van der Waals surface area contributed by atoms with E-state index in [1.807, 2.05) is 48.5 Å². The topological polar surface area (TPSA) is 21.3 Å². The number of benzene rings is 2. The highest BCUT2D eigenvalue weighted by Gasteiger charge is 1.98. The molecular weight excluding hydrogens is 266 g/mol. The Morgan fingerprint density at radius 3 is 2.31 bits per heavy atom. The molecule has 16 heavy (non-hydrogen) atoms. The molecule has 0 aliphatic carbocycles. The van der Waals surface area contributed by atoms with Gasteiger partial charge in [0.1, 0.15) is 5.75 Å². The fraction of sp³-hybridized carbons (Fsp3) is 0.0769. The van der Waals surface area contributed by atoms with Gasteiger partial charge in [0.15, 0.2) is 0 Å². The van der Waals surface area contributed by atoms with Gasteiger partial charge in [0.25, 0.3) is 0 Å². The molecule has 2 aromatic carbocycles. The average Bonchev–Trinajstić information content (AvgIpc) is 2.33. The molecule has 0 amide bonds. The van der Waals surface area contributed by atoms with Crippen LogP contribution in [-0.2, 0) is 0 Å². The first kappa shape index (κ1) is 11.0. The highest BCUT2D eigenvalue weighted by molar-refractivity contribution is 9.10. The molecule has 0 bridgehead atoms. The summed E-state index contributed by atoms with van der Waals surface area (Å²) < 4.78 is 6.15. The van der Waals surface area contributed by atoms with Crippen LogP contribution in [0.3, 0.4) is 0 Å². The standard InChI is InChI=1S/C13H12BrNO/c1-16-11-8-6-10(7-9-11)15-13-5-3-2-4-12(13)14/h2-9,15H,1H3. The Hall–Kier alpha value is -1.48. The molecule has 0 saturated carbocycles. The molecule has 0 aliphatic rings. The molecule has 2 rings (SSSR count). The number of hydrogen-bond donors (Lipinski definition) is 1. The maximum Gasteiger partial charge on any atom is 0.119 e. The van der Waals surface area contributed by atoms with E-state index in [9.17, 15) is 0 Å². The number of rotatable bonds is 3. The first-order chi connectivity index (χ1) is 7.79. The second-order valence-corrected chi connectivity index (χ2v) is 4.19. The van der Waals surface area contributed by atoms with Crippen LogP contribution in [0.5, 0.6) is 5.75 Å². The number of methoxy groups -OCH3 is 1. The predicted molar refractivity (Wildman–Crippen MR) is 70.4 cm³/mol. The van der Waals surface area contributed by atoms with Gasteiger partial charge in [-0.05, 0) is 52.3 Å². The Balaban J connectivity index is 2.18. The summed E-state index contributed by atoms with van der Waals surface area (Å²) in [4.78, 5) is 0. The zero-order chi connectivity index (χ0) is 11.4. The predicted octanol–water partition coefficient (Wildman–Crippen LogP) is 4.20. The second kappa shape index (κ2) is 5.03. The van der Waals surface area contributed by atoms with Crippen molar-refractivity contribution in [2.75, 3.05) is 12.4 Å². The Labute approximate surface area is 103 Å². The third-order valence-corrected chi connectivity index (χ3v) is 2.93. The molecule has 0 radical (unpaired) electrons. The van der Waals surface area contributed by atoms with Gasteiger partial charge in [0, 0.05) is 10.2 Å². The Bertz CT molecular complexity index is 468. The lowest BCUT2D eigenvalue weighted by atomic mass is 10.2. The zero-order valence-electron chi connectivity index (χ0n) is 8.91. The van der Waals surface area contributed by atoms with Crippen LogP contribution in [0.15, 0.2) is 53.0 Å². The van der Waals surface area contributed by atoms with Crippen molar-refractivity contribution in [1.29, 1.82) is 0 Å². The van der Waals surface area contributed by atoms with E-state index in [1.54, 1.807) is 7.11 Å².